The van der Waals surface area contributed by atoms with Gasteiger partial charge in [-0.1, -0.05) is 0 Å². The van der Waals surface area contributed by atoms with Crippen molar-refractivity contribution in [2.75, 3.05) is 28.6 Å². The van der Waals surface area contributed by atoms with E-state index in [2.05, 4.69) is 59.7 Å². The molecule has 192 valence electrons. The van der Waals surface area contributed by atoms with Gasteiger partial charge in [0.2, 0.25) is 0 Å². The molecule has 6 heterocycles. The summed E-state index contributed by atoms with van der Waals surface area (Å²) < 4.78 is 0. The van der Waals surface area contributed by atoms with Crippen molar-refractivity contribution >= 4 is 50.8 Å². The van der Waals surface area contributed by atoms with Crippen LogP contribution < -0.4 is 15.5 Å². The van der Waals surface area contributed by atoms with Crippen LogP contribution in [0.3, 0.4) is 0 Å². The first-order chi connectivity index (χ1) is 19.1. The molecule has 9 nitrogen and oxygen atoms in total. The number of aromatic nitrogens is 6. The lowest BCUT2D eigenvalue weighted by molar-refractivity contribution is 0.618. The van der Waals surface area contributed by atoms with Gasteiger partial charge < -0.3 is 20.5 Å². The molecule has 0 unspecified atom stereocenters. The number of pyridine rings is 4. The number of nitrogens with one attached hydrogen (secondary N) is 3. The van der Waals surface area contributed by atoms with Crippen molar-refractivity contribution in [3.05, 3.63) is 84.4 Å². The molecule has 0 amide bonds. The Kier molecular flexibility index (Phi) is 5.54. The van der Waals surface area contributed by atoms with Crippen molar-refractivity contribution in [1.82, 2.24) is 29.9 Å². The predicted octanol–water partition coefficient (Wildman–Crippen LogP) is 6.28. The van der Waals surface area contributed by atoms with Gasteiger partial charge in [0.25, 0.3) is 0 Å². The number of H-pyrrole nitrogens is 1. The summed E-state index contributed by atoms with van der Waals surface area (Å²) in [6, 6.07) is 20.3. The number of aromatic amines is 1. The Bertz CT molecular complexity index is 1820. The summed E-state index contributed by atoms with van der Waals surface area (Å²) >= 11 is 0. The van der Waals surface area contributed by atoms with Crippen LogP contribution in [0.15, 0.2) is 73.1 Å². The number of anilines is 5. The molecule has 0 aliphatic carbocycles. The molecule has 1 aliphatic rings. The van der Waals surface area contributed by atoms with Crippen LogP contribution in [-0.2, 0) is 0 Å². The zero-order valence-corrected chi connectivity index (χ0v) is 21.7. The van der Waals surface area contributed by atoms with Crippen molar-refractivity contribution in [3.63, 3.8) is 0 Å². The standard InChI is InChI=1S/C30H27N9/c1-18-14-21(10-11-31-18)34-28-9-7-25-30(37-28)38-29(36-25)20-4-8-27(32-17-20)35-26-15-19(2)33-24-6-5-22(16-23(24)26)39-12-3-13-39/h4-11,14-17H,3,12-13H2,1-2H3,(H,32,33,35)(H2,31,34,36,37,38). The summed E-state index contributed by atoms with van der Waals surface area (Å²) in [5.74, 6) is 2.20. The average molecular weight is 514 g/mol. The highest BCUT2D eigenvalue weighted by atomic mass is 15.2. The van der Waals surface area contributed by atoms with Crippen LogP contribution in [0, 0.1) is 13.8 Å². The summed E-state index contributed by atoms with van der Waals surface area (Å²) in [6.45, 7) is 6.19. The van der Waals surface area contributed by atoms with Crippen LogP contribution in [0.25, 0.3) is 33.5 Å². The second kappa shape index (κ2) is 9.36. The largest absolute Gasteiger partial charge is 0.371 e. The third kappa shape index (κ3) is 4.59. The molecule has 1 fully saturated rings. The molecule has 0 spiro atoms. The quantitative estimate of drug-likeness (QED) is 0.239. The van der Waals surface area contributed by atoms with E-state index in [0.717, 1.165) is 75.3 Å². The third-order valence-corrected chi connectivity index (χ3v) is 6.96. The molecule has 0 bridgehead atoms. The van der Waals surface area contributed by atoms with Crippen molar-refractivity contribution in [2.24, 2.45) is 0 Å². The molecule has 0 radical (unpaired) electrons. The minimum Gasteiger partial charge on any atom is -0.371 e. The van der Waals surface area contributed by atoms with E-state index in [1.165, 1.54) is 12.1 Å². The van der Waals surface area contributed by atoms with Gasteiger partial charge in [0.1, 0.15) is 17.5 Å². The van der Waals surface area contributed by atoms with E-state index in [4.69, 9.17) is 9.97 Å². The second-order valence-electron chi connectivity index (χ2n) is 9.87. The van der Waals surface area contributed by atoms with Gasteiger partial charge in [-0.15, -0.1) is 0 Å². The summed E-state index contributed by atoms with van der Waals surface area (Å²) in [5, 5.41) is 7.91. The maximum absolute atomic E-state index is 4.73. The van der Waals surface area contributed by atoms with E-state index < -0.39 is 0 Å². The molecule has 3 N–H and O–H groups in total. The van der Waals surface area contributed by atoms with Crippen LogP contribution in [0.4, 0.5) is 28.7 Å². The van der Waals surface area contributed by atoms with Gasteiger partial charge in [-0.2, -0.15) is 0 Å². The lowest BCUT2D eigenvalue weighted by Gasteiger charge is -2.33. The van der Waals surface area contributed by atoms with Crippen LogP contribution in [0.1, 0.15) is 17.8 Å². The van der Waals surface area contributed by atoms with E-state index in [-0.39, 0.29) is 0 Å². The van der Waals surface area contributed by atoms with E-state index in [0.29, 0.717) is 5.65 Å². The van der Waals surface area contributed by atoms with Gasteiger partial charge in [0, 0.05) is 59.2 Å². The topological polar surface area (TPSA) is 108 Å². The number of benzene rings is 1. The first kappa shape index (κ1) is 23.1. The number of aryl methyl sites for hydroxylation is 2. The molecule has 39 heavy (non-hydrogen) atoms. The fourth-order valence-corrected chi connectivity index (χ4v) is 4.84. The minimum atomic E-state index is 0.639. The van der Waals surface area contributed by atoms with Crippen molar-refractivity contribution in [3.8, 4) is 11.4 Å². The van der Waals surface area contributed by atoms with Crippen LogP contribution in [0.2, 0.25) is 0 Å². The average Bonchev–Trinajstić information content (AvgIpc) is 3.32. The number of hydrogen-bond donors (Lipinski definition) is 3. The molecule has 1 saturated heterocycles. The molecular weight excluding hydrogens is 486 g/mol. The third-order valence-electron chi connectivity index (χ3n) is 6.96. The summed E-state index contributed by atoms with van der Waals surface area (Å²) in [7, 11) is 0. The van der Waals surface area contributed by atoms with Gasteiger partial charge in [-0.05, 0) is 80.9 Å². The van der Waals surface area contributed by atoms with E-state index >= 15 is 0 Å². The number of imidazole rings is 1. The Morgan fingerprint density at radius 1 is 0.795 bits per heavy atom. The van der Waals surface area contributed by atoms with Gasteiger partial charge in [0.15, 0.2) is 5.65 Å². The van der Waals surface area contributed by atoms with Gasteiger partial charge >= 0.3 is 0 Å². The van der Waals surface area contributed by atoms with Gasteiger partial charge in [-0.25, -0.2) is 15.0 Å². The van der Waals surface area contributed by atoms with Gasteiger partial charge in [0.05, 0.1) is 16.7 Å². The SMILES string of the molecule is Cc1cc(Nc2ccc3[nH]c(-c4ccc(Nc5cc(C)nc6ccc(N7CCC7)cc56)nc4)nc3n2)ccn1. The number of hydrogen-bond acceptors (Lipinski definition) is 8. The summed E-state index contributed by atoms with van der Waals surface area (Å²) in [5.41, 5.74) is 8.43. The van der Waals surface area contributed by atoms with Crippen molar-refractivity contribution in [2.45, 2.75) is 20.3 Å². The molecular formula is C30H27N9. The second-order valence-corrected chi connectivity index (χ2v) is 9.87. The van der Waals surface area contributed by atoms with Crippen LogP contribution >= 0.6 is 0 Å². The van der Waals surface area contributed by atoms with Gasteiger partial charge in [-0.3, -0.25) is 9.97 Å². The van der Waals surface area contributed by atoms with E-state index in [1.54, 1.807) is 6.20 Å². The first-order valence-corrected chi connectivity index (χ1v) is 13.0. The molecule has 9 heteroatoms. The molecule has 6 aromatic rings. The highest BCUT2D eigenvalue weighted by Crippen LogP contribution is 2.31. The molecule has 1 aliphatic heterocycles. The summed E-state index contributed by atoms with van der Waals surface area (Å²) in [6.07, 6.45) is 4.84. The first-order valence-electron chi connectivity index (χ1n) is 13.0. The Morgan fingerprint density at radius 3 is 2.49 bits per heavy atom. The summed E-state index contributed by atoms with van der Waals surface area (Å²) in [4.78, 5) is 28.8. The molecule has 7 rings (SSSR count). The maximum Gasteiger partial charge on any atom is 0.180 e. The van der Waals surface area contributed by atoms with E-state index in [9.17, 15) is 0 Å². The Labute approximate surface area is 225 Å². The smallest absolute Gasteiger partial charge is 0.180 e. The Hall–Kier alpha value is -5.05. The fraction of sp³-hybridized carbons (Fsp3) is 0.167. The Balaban J connectivity index is 1.13. The number of nitrogens with zero attached hydrogens (tertiary/aromatic N) is 6. The zero-order chi connectivity index (χ0) is 26.3. The van der Waals surface area contributed by atoms with Crippen molar-refractivity contribution in [1.29, 1.82) is 0 Å². The highest BCUT2D eigenvalue weighted by molar-refractivity contribution is 5.95. The van der Waals surface area contributed by atoms with Crippen LogP contribution in [-0.4, -0.2) is 43.0 Å². The fourth-order valence-electron chi connectivity index (χ4n) is 4.84. The maximum atomic E-state index is 4.73. The predicted molar refractivity (Wildman–Crippen MR) is 156 cm³/mol. The number of rotatable bonds is 6. The zero-order valence-electron chi connectivity index (χ0n) is 21.7. The van der Waals surface area contributed by atoms with Crippen molar-refractivity contribution < 1.29 is 0 Å². The molecule has 5 aromatic heterocycles. The monoisotopic (exact) mass is 513 g/mol. The van der Waals surface area contributed by atoms with E-state index in [1.807, 2.05) is 56.4 Å². The minimum absolute atomic E-state index is 0.639. The number of fused-ring (bicyclic) bond motifs is 2. The molecule has 1 aromatic carbocycles. The lowest BCUT2D eigenvalue weighted by atomic mass is 10.1. The van der Waals surface area contributed by atoms with Crippen LogP contribution in [0.5, 0.6) is 0 Å². The molecule has 0 saturated carbocycles. The lowest BCUT2D eigenvalue weighted by Crippen LogP contribution is -2.36. The molecule has 0 atom stereocenters. The Morgan fingerprint density at radius 2 is 1.69 bits per heavy atom. The normalized spacial score (nSPS) is 13.0. The highest BCUT2D eigenvalue weighted by Gasteiger charge is 2.16.